The van der Waals surface area contributed by atoms with Crippen LogP contribution in [0.4, 0.5) is 13.2 Å². The van der Waals surface area contributed by atoms with Crippen molar-refractivity contribution in [1.29, 1.82) is 0 Å². The molecule has 0 aromatic carbocycles. The summed E-state index contributed by atoms with van der Waals surface area (Å²) >= 11 is 1.11. The Morgan fingerprint density at radius 2 is 2.15 bits per heavy atom. The monoisotopic (exact) mass is 304 g/mol. The van der Waals surface area contributed by atoms with Gasteiger partial charge < -0.3 is 5.73 Å². The molecule has 0 aliphatic heterocycles. The van der Waals surface area contributed by atoms with Crippen LogP contribution in [0.5, 0.6) is 0 Å². The molecule has 1 aromatic heterocycles. The molecule has 0 amide bonds. The Morgan fingerprint density at radius 3 is 2.65 bits per heavy atom. The maximum atomic E-state index is 12.6. The van der Waals surface area contributed by atoms with Crippen molar-refractivity contribution in [3.63, 3.8) is 0 Å². The Labute approximate surface area is 117 Å². The molecule has 0 spiro atoms. The molecule has 0 radical (unpaired) electrons. The lowest BCUT2D eigenvalue weighted by Gasteiger charge is -2.12. The number of ketones is 1. The standard InChI is InChI=1S/C12H11F3N2O2S/c1-2-20-10-3-7(12(13,14)15)5-17-11(10)9(16)4-8(19)6-18/h3-6H,2,16H2,1H3/b9-4-. The van der Waals surface area contributed by atoms with Crippen LogP contribution in [0.15, 0.2) is 23.2 Å². The summed E-state index contributed by atoms with van der Waals surface area (Å²) in [6.45, 7) is 1.76. The number of aromatic nitrogens is 1. The Bertz CT molecular complexity index is 556. The van der Waals surface area contributed by atoms with E-state index in [1.165, 1.54) is 0 Å². The lowest BCUT2D eigenvalue weighted by molar-refractivity contribution is -0.138. The first kappa shape index (κ1) is 16.2. The number of nitrogens with zero attached hydrogens (tertiary/aromatic N) is 1. The van der Waals surface area contributed by atoms with E-state index in [2.05, 4.69) is 4.98 Å². The van der Waals surface area contributed by atoms with Gasteiger partial charge in [0.25, 0.3) is 0 Å². The molecule has 4 nitrogen and oxygen atoms in total. The van der Waals surface area contributed by atoms with Crippen molar-refractivity contribution >= 4 is 29.5 Å². The summed E-state index contributed by atoms with van der Waals surface area (Å²) in [6, 6.07) is 0.919. The zero-order chi connectivity index (χ0) is 15.3. The van der Waals surface area contributed by atoms with Gasteiger partial charge in [0.2, 0.25) is 5.78 Å². The number of carbonyl (C=O) groups excluding carboxylic acids is 2. The van der Waals surface area contributed by atoms with Crippen LogP contribution in [0.1, 0.15) is 18.2 Å². The summed E-state index contributed by atoms with van der Waals surface area (Å²) in [7, 11) is 0. The minimum Gasteiger partial charge on any atom is -0.397 e. The third-order valence-corrected chi connectivity index (χ3v) is 3.08. The van der Waals surface area contributed by atoms with E-state index in [1.54, 1.807) is 6.92 Å². The lowest BCUT2D eigenvalue weighted by Crippen LogP contribution is -2.10. The van der Waals surface area contributed by atoms with Crippen molar-refractivity contribution in [2.75, 3.05) is 5.75 Å². The predicted molar refractivity (Wildman–Crippen MR) is 68.9 cm³/mol. The number of nitrogens with two attached hydrogens (primary N) is 1. The Morgan fingerprint density at radius 1 is 1.50 bits per heavy atom. The Kier molecular flexibility index (Phi) is 5.32. The third kappa shape index (κ3) is 4.09. The Balaban J connectivity index is 3.30. The number of allylic oxidation sites excluding steroid dienone is 1. The number of rotatable bonds is 5. The van der Waals surface area contributed by atoms with Crippen molar-refractivity contribution in [1.82, 2.24) is 4.98 Å². The zero-order valence-corrected chi connectivity index (χ0v) is 11.2. The first-order valence-electron chi connectivity index (χ1n) is 5.46. The minimum atomic E-state index is -4.51. The van der Waals surface area contributed by atoms with Crippen molar-refractivity contribution in [3.8, 4) is 0 Å². The average molecular weight is 304 g/mol. The number of thioether (sulfide) groups is 1. The van der Waals surface area contributed by atoms with E-state index in [0.717, 1.165) is 23.9 Å². The van der Waals surface area contributed by atoms with Crippen LogP contribution >= 0.6 is 11.8 Å². The van der Waals surface area contributed by atoms with E-state index in [4.69, 9.17) is 5.73 Å². The summed E-state index contributed by atoms with van der Waals surface area (Å²) in [5.74, 6) is -0.373. The minimum absolute atomic E-state index is 0.0556. The molecule has 0 atom stereocenters. The number of alkyl halides is 3. The van der Waals surface area contributed by atoms with Crippen molar-refractivity contribution in [2.24, 2.45) is 5.73 Å². The molecule has 0 saturated carbocycles. The van der Waals surface area contributed by atoms with Crippen LogP contribution in [-0.2, 0) is 15.8 Å². The van der Waals surface area contributed by atoms with E-state index in [-0.39, 0.29) is 22.6 Å². The first-order chi connectivity index (χ1) is 9.29. The van der Waals surface area contributed by atoms with Crippen LogP contribution < -0.4 is 5.73 Å². The molecule has 20 heavy (non-hydrogen) atoms. The summed E-state index contributed by atoms with van der Waals surface area (Å²) < 4.78 is 37.8. The van der Waals surface area contributed by atoms with E-state index in [9.17, 15) is 22.8 Å². The van der Waals surface area contributed by atoms with Gasteiger partial charge in [-0.1, -0.05) is 6.92 Å². The highest BCUT2D eigenvalue weighted by Gasteiger charge is 2.31. The highest BCUT2D eigenvalue weighted by molar-refractivity contribution is 7.99. The number of halogens is 3. The molecular formula is C12H11F3N2O2S. The second-order valence-electron chi connectivity index (χ2n) is 3.62. The lowest BCUT2D eigenvalue weighted by atomic mass is 10.2. The third-order valence-electron chi connectivity index (χ3n) is 2.17. The molecular weight excluding hydrogens is 293 g/mol. The van der Waals surface area contributed by atoms with E-state index < -0.39 is 17.5 Å². The average Bonchev–Trinajstić information content (AvgIpc) is 2.37. The predicted octanol–water partition coefficient (Wildman–Crippen LogP) is 2.28. The van der Waals surface area contributed by atoms with Gasteiger partial charge in [-0.05, 0) is 11.8 Å². The number of aldehydes is 1. The highest BCUT2D eigenvalue weighted by Crippen LogP contribution is 2.33. The zero-order valence-electron chi connectivity index (χ0n) is 10.4. The van der Waals surface area contributed by atoms with Gasteiger partial charge in [-0.2, -0.15) is 13.2 Å². The maximum Gasteiger partial charge on any atom is 0.417 e. The first-order valence-corrected chi connectivity index (χ1v) is 6.44. The summed E-state index contributed by atoms with van der Waals surface area (Å²) in [6.07, 6.45) is -2.97. The topological polar surface area (TPSA) is 73.0 Å². The smallest absolute Gasteiger partial charge is 0.397 e. The normalized spacial score (nSPS) is 12.3. The number of hydrogen-bond donors (Lipinski definition) is 1. The number of pyridine rings is 1. The number of carbonyl (C=O) groups is 2. The molecule has 0 fully saturated rings. The van der Waals surface area contributed by atoms with Gasteiger partial charge in [0.15, 0.2) is 6.29 Å². The molecule has 108 valence electrons. The molecule has 1 aromatic rings. The van der Waals surface area contributed by atoms with Gasteiger partial charge in [-0.3, -0.25) is 14.6 Å². The van der Waals surface area contributed by atoms with Crippen LogP contribution in [0.3, 0.4) is 0 Å². The molecule has 1 rings (SSSR count). The van der Waals surface area contributed by atoms with Crippen LogP contribution in [0.25, 0.3) is 5.70 Å². The van der Waals surface area contributed by atoms with Crippen LogP contribution in [-0.4, -0.2) is 22.8 Å². The molecule has 1 heterocycles. The van der Waals surface area contributed by atoms with Gasteiger partial charge in [0, 0.05) is 17.2 Å². The summed E-state index contributed by atoms with van der Waals surface area (Å²) in [4.78, 5) is 25.0. The van der Waals surface area contributed by atoms with E-state index in [1.807, 2.05) is 0 Å². The van der Waals surface area contributed by atoms with Crippen LogP contribution in [0.2, 0.25) is 0 Å². The van der Waals surface area contributed by atoms with E-state index in [0.29, 0.717) is 11.9 Å². The van der Waals surface area contributed by atoms with Crippen molar-refractivity contribution in [2.45, 2.75) is 18.0 Å². The quantitative estimate of drug-likeness (QED) is 0.391. The summed E-state index contributed by atoms with van der Waals surface area (Å²) in [5, 5.41) is 0. The second-order valence-corrected chi connectivity index (χ2v) is 4.93. The largest absolute Gasteiger partial charge is 0.417 e. The number of hydrogen-bond acceptors (Lipinski definition) is 5. The maximum absolute atomic E-state index is 12.6. The Hall–Kier alpha value is -1.83. The molecule has 0 aliphatic carbocycles. The summed E-state index contributed by atoms with van der Waals surface area (Å²) in [5.41, 5.74) is 4.60. The highest BCUT2D eigenvalue weighted by atomic mass is 32.2. The van der Waals surface area contributed by atoms with Gasteiger partial charge in [0.1, 0.15) is 0 Å². The second kappa shape index (κ2) is 6.56. The van der Waals surface area contributed by atoms with Crippen LogP contribution in [0, 0.1) is 0 Å². The SMILES string of the molecule is CCSc1cc(C(F)(F)F)cnc1/C(N)=C/C(=O)C=O. The fourth-order valence-electron chi connectivity index (χ4n) is 1.34. The van der Waals surface area contributed by atoms with Crippen molar-refractivity contribution in [3.05, 3.63) is 29.6 Å². The fraction of sp³-hybridized carbons (Fsp3) is 0.250. The molecule has 0 bridgehead atoms. The molecule has 0 aliphatic rings. The molecule has 8 heteroatoms. The molecule has 0 unspecified atom stereocenters. The van der Waals surface area contributed by atoms with Gasteiger partial charge >= 0.3 is 6.18 Å². The van der Waals surface area contributed by atoms with Crippen molar-refractivity contribution < 1.29 is 22.8 Å². The fourth-order valence-corrected chi connectivity index (χ4v) is 2.17. The van der Waals surface area contributed by atoms with Gasteiger partial charge in [-0.15, -0.1) is 11.8 Å². The van der Waals surface area contributed by atoms with Gasteiger partial charge in [-0.25, -0.2) is 0 Å². The molecule has 2 N–H and O–H groups in total. The van der Waals surface area contributed by atoms with Gasteiger partial charge in [0.05, 0.1) is 17.0 Å². The molecule has 0 saturated heterocycles. The van der Waals surface area contributed by atoms with E-state index >= 15 is 0 Å².